The molecule has 148 valence electrons. The van der Waals surface area contributed by atoms with Crippen LogP contribution in [0.1, 0.15) is 18.9 Å². The van der Waals surface area contributed by atoms with Crippen LogP contribution < -0.4 is 10.1 Å². The van der Waals surface area contributed by atoms with Crippen molar-refractivity contribution in [2.45, 2.75) is 19.9 Å². The van der Waals surface area contributed by atoms with Crippen molar-refractivity contribution in [3.05, 3.63) is 29.8 Å². The van der Waals surface area contributed by atoms with Gasteiger partial charge in [-0.1, -0.05) is 12.1 Å². The second kappa shape index (κ2) is 9.71. The highest BCUT2D eigenvalue weighted by Gasteiger charge is 2.27. The van der Waals surface area contributed by atoms with Crippen molar-refractivity contribution in [2.24, 2.45) is 5.92 Å². The third-order valence-electron chi connectivity index (χ3n) is 5.05. The predicted molar refractivity (Wildman–Crippen MR) is 101 cm³/mol. The average molecular weight is 375 g/mol. The highest BCUT2D eigenvalue weighted by molar-refractivity contribution is 5.79. The van der Waals surface area contributed by atoms with Gasteiger partial charge in [-0.25, -0.2) is 0 Å². The summed E-state index contributed by atoms with van der Waals surface area (Å²) >= 11 is 0. The summed E-state index contributed by atoms with van der Waals surface area (Å²) in [5.41, 5.74) is 1.18. The van der Waals surface area contributed by atoms with E-state index in [1.807, 2.05) is 31.2 Å². The maximum Gasteiger partial charge on any atom is 0.260 e. The Bertz CT molecular complexity index is 629. The van der Waals surface area contributed by atoms with Crippen LogP contribution in [0.5, 0.6) is 5.75 Å². The van der Waals surface area contributed by atoms with Gasteiger partial charge >= 0.3 is 0 Å². The minimum Gasteiger partial charge on any atom is -0.484 e. The number of benzene rings is 1. The predicted octanol–water partition coefficient (Wildman–Crippen LogP) is 0.882. The summed E-state index contributed by atoms with van der Waals surface area (Å²) in [6.45, 7) is 7.71. The van der Waals surface area contributed by atoms with Crippen LogP contribution in [0.3, 0.4) is 0 Å². The maximum atomic E-state index is 12.1. The standard InChI is InChI=1S/C20H29N3O4/c1-2-21-20(25)17-7-8-22(14-17)13-16-3-5-18(6-4-16)27-15-19(24)23-9-11-26-12-10-23/h3-6,17H,2,7-15H2,1H3,(H,21,25)/t17-/m0/s1. The number of morpholine rings is 1. The topological polar surface area (TPSA) is 71.1 Å². The number of hydrogen-bond donors (Lipinski definition) is 1. The SMILES string of the molecule is CCNC(=O)[C@H]1CCN(Cc2ccc(OCC(=O)N3CCOCC3)cc2)C1. The molecule has 0 unspecified atom stereocenters. The lowest BCUT2D eigenvalue weighted by Crippen LogP contribution is -2.42. The minimum atomic E-state index is -0.00385. The van der Waals surface area contributed by atoms with Crippen LogP contribution in [-0.4, -0.2) is 74.2 Å². The van der Waals surface area contributed by atoms with Crippen LogP contribution in [-0.2, 0) is 20.9 Å². The zero-order valence-corrected chi connectivity index (χ0v) is 16.0. The molecule has 1 N–H and O–H groups in total. The Kier molecular flexibility index (Phi) is 7.06. The van der Waals surface area contributed by atoms with Crippen LogP contribution >= 0.6 is 0 Å². The van der Waals surface area contributed by atoms with Crippen molar-refractivity contribution in [2.75, 3.05) is 52.5 Å². The van der Waals surface area contributed by atoms with Gasteiger partial charge in [0.2, 0.25) is 5.91 Å². The molecule has 1 aromatic rings. The fraction of sp³-hybridized carbons (Fsp3) is 0.600. The van der Waals surface area contributed by atoms with Crippen molar-refractivity contribution < 1.29 is 19.1 Å². The largest absolute Gasteiger partial charge is 0.484 e. The molecule has 2 heterocycles. The van der Waals surface area contributed by atoms with E-state index >= 15 is 0 Å². The molecule has 2 aliphatic heterocycles. The number of carbonyl (C=O) groups excluding carboxylic acids is 2. The Hall–Kier alpha value is -2.12. The first kappa shape index (κ1) is 19.6. The van der Waals surface area contributed by atoms with E-state index in [4.69, 9.17) is 9.47 Å². The number of carbonyl (C=O) groups is 2. The second-order valence-corrected chi connectivity index (χ2v) is 7.04. The van der Waals surface area contributed by atoms with E-state index in [9.17, 15) is 9.59 Å². The summed E-state index contributed by atoms with van der Waals surface area (Å²) in [7, 11) is 0. The highest BCUT2D eigenvalue weighted by atomic mass is 16.5. The van der Waals surface area contributed by atoms with Crippen LogP contribution in [0.4, 0.5) is 0 Å². The van der Waals surface area contributed by atoms with Gasteiger partial charge in [-0.2, -0.15) is 0 Å². The van der Waals surface area contributed by atoms with Gasteiger partial charge in [0, 0.05) is 32.7 Å². The molecule has 2 aliphatic rings. The molecule has 2 amide bonds. The van der Waals surface area contributed by atoms with Gasteiger partial charge < -0.3 is 19.7 Å². The molecule has 2 saturated heterocycles. The van der Waals surface area contributed by atoms with Gasteiger partial charge in [0.15, 0.2) is 6.61 Å². The fourth-order valence-electron chi connectivity index (χ4n) is 3.51. The smallest absolute Gasteiger partial charge is 0.260 e. The van der Waals surface area contributed by atoms with Crippen LogP contribution in [0, 0.1) is 5.92 Å². The molecule has 7 nitrogen and oxygen atoms in total. The molecule has 0 aliphatic carbocycles. The summed E-state index contributed by atoms with van der Waals surface area (Å²) in [6.07, 6.45) is 0.913. The van der Waals surface area contributed by atoms with Gasteiger partial charge in [-0.15, -0.1) is 0 Å². The summed E-state index contributed by atoms with van der Waals surface area (Å²) < 4.78 is 10.9. The van der Waals surface area contributed by atoms with Crippen molar-refractivity contribution in [3.63, 3.8) is 0 Å². The van der Waals surface area contributed by atoms with Crippen molar-refractivity contribution in [3.8, 4) is 5.75 Å². The number of nitrogens with one attached hydrogen (secondary N) is 1. The van der Waals surface area contributed by atoms with Gasteiger partial charge in [0.25, 0.3) is 5.91 Å². The highest BCUT2D eigenvalue weighted by Crippen LogP contribution is 2.20. The van der Waals surface area contributed by atoms with E-state index in [-0.39, 0.29) is 24.3 Å². The first-order valence-electron chi connectivity index (χ1n) is 9.73. The van der Waals surface area contributed by atoms with Crippen molar-refractivity contribution in [1.29, 1.82) is 0 Å². The number of hydrogen-bond acceptors (Lipinski definition) is 5. The second-order valence-electron chi connectivity index (χ2n) is 7.04. The molecular formula is C20H29N3O4. The normalized spacial score (nSPS) is 20.5. The van der Waals surface area contributed by atoms with E-state index in [1.54, 1.807) is 4.90 Å². The summed E-state index contributed by atoms with van der Waals surface area (Å²) in [4.78, 5) is 28.1. The van der Waals surface area contributed by atoms with Gasteiger partial charge in [-0.3, -0.25) is 14.5 Å². The molecule has 0 radical (unpaired) electrons. The Labute approximate surface area is 160 Å². The number of ether oxygens (including phenoxy) is 2. The summed E-state index contributed by atoms with van der Waals surface area (Å²) in [5.74, 6) is 0.949. The molecule has 3 rings (SSSR count). The lowest BCUT2D eigenvalue weighted by molar-refractivity contribution is -0.137. The molecule has 0 bridgehead atoms. The third-order valence-corrected chi connectivity index (χ3v) is 5.05. The molecule has 0 aromatic heterocycles. The lowest BCUT2D eigenvalue weighted by atomic mass is 10.1. The van der Waals surface area contributed by atoms with Gasteiger partial charge in [0.1, 0.15) is 5.75 Å². The zero-order chi connectivity index (χ0) is 19.1. The van der Waals surface area contributed by atoms with Crippen LogP contribution in [0.25, 0.3) is 0 Å². The van der Waals surface area contributed by atoms with E-state index < -0.39 is 0 Å². The molecule has 1 atom stereocenters. The van der Waals surface area contributed by atoms with Gasteiger partial charge in [0.05, 0.1) is 19.1 Å². The van der Waals surface area contributed by atoms with Crippen molar-refractivity contribution >= 4 is 11.8 Å². The summed E-state index contributed by atoms with van der Waals surface area (Å²) in [5, 5.41) is 2.91. The summed E-state index contributed by atoms with van der Waals surface area (Å²) in [6, 6.07) is 7.85. The Balaban J connectivity index is 1.42. The zero-order valence-electron chi connectivity index (χ0n) is 16.0. The molecule has 0 spiro atoms. The molecule has 27 heavy (non-hydrogen) atoms. The molecule has 0 saturated carbocycles. The first-order valence-corrected chi connectivity index (χ1v) is 9.73. The van der Waals surface area contributed by atoms with Crippen LogP contribution in [0.15, 0.2) is 24.3 Å². The van der Waals surface area contributed by atoms with Crippen LogP contribution in [0.2, 0.25) is 0 Å². The average Bonchev–Trinajstić information content (AvgIpc) is 3.17. The van der Waals surface area contributed by atoms with Gasteiger partial charge in [-0.05, 0) is 37.6 Å². The molecule has 7 heteroatoms. The van der Waals surface area contributed by atoms with E-state index in [0.29, 0.717) is 38.6 Å². The number of nitrogens with zero attached hydrogens (tertiary/aromatic N) is 2. The number of likely N-dealkylation sites (tertiary alicyclic amines) is 1. The maximum absolute atomic E-state index is 12.1. The Morgan fingerprint density at radius 2 is 1.93 bits per heavy atom. The molecular weight excluding hydrogens is 346 g/mol. The van der Waals surface area contributed by atoms with Crippen molar-refractivity contribution in [1.82, 2.24) is 15.1 Å². The Morgan fingerprint density at radius 3 is 2.63 bits per heavy atom. The monoisotopic (exact) mass is 375 g/mol. The first-order chi connectivity index (χ1) is 13.2. The number of amides is 2. The minimum absolute atomic E-state index is 0.00385. The van der Waals surface area contributed by atoms with E-state index in [0.717, 1.165) is 26.1 Å². The number of rotatable bonds is 7. The Morgan fingerprint density at radius 1 is 1.19 bits per heavy atom. The fourth-order valence-corrected chi connectivity index (χ4v) is 3.51. The van der Waals surface area contributed by atoms with E-state index in [1.165, 1.54) is 5.56 Å². The lowest BCUT2D eigenvalue weighted by Gasteiger charge is -2.26. The third kappa shape index (κ3) is 5.68. The quantitative estimate of drug-likeness (QED) is 0.766. The molecule has 2 fully saturated rings. The van der Waals surface area contributed by atoms with E-state index in [2.05, 4.69) is 10.2 Å². The molecule has 1 aromatic carbocycles.